The number of fused-ring (bicyclic) bond motifs is 2. The Balaban J connectivity index is 2.24. The molecule has 2 aliphatic heterocycles. The summed E-state index contributed by atoms with van der Waals surface area (Å²) < 4.78 is 0. The number of nitriles is 1. The first-order chi connectivity index (χ1) is 13.2. The van der Waals surface area contributed by atoms with Crippen LogP contribution in [-0.4, -0.2) is 47.7 Å². The predicted octanol–water partition coefficient (Wildman–Crippen LogP) is 1.75. The summed E-state index contributed by atoms with van der Waals surface area (Å²) in [5.74, 6) is -0.834. The zero-order chi connectivity index (χ0) is 20.8. The van der Waals surface area contributed by atoms with E-state index in [0.717, 1.165) is 19.3 Å². The van der Waals surface area contributed by atoms with Crippen molar-refractivity contribution in [3.05, 3.63) is 0 Å². The van der Waals surface area contributed by atoms with E-state index < -0.39 is 18.0 Å². The van der Waals surface area contributed by atoms with Crippen LogP contribution in [0.2, 0.25) is 0 Å². The highest BCUT2D eigenvalue weighted by Crippen LogP contribution is 2.28. The van der Waals surface area contributed by atoms with Gasteiger partial charge in [0.15, 0.2) is 5.78 Å². The Kier molecular flexibility index (Phi) is 7.99. The van der Waals surface area contributed by atoms with Crippen LogP contribution < -0.4 is 11.1 Å². The molecule has 0 aromatic carbocycles. The molecule has 3 N–H and O–H groups in total. The maximum absolute atomic E-state index is 13.0. The summed E-state index contributed by atoms with van der Waals surface area (Å²) in [4.78, 5) is 39.5. The number of carbonyl (C=O) groups excluding carboxylic acids is 3. The Hall–Kier alpha value is -1.94. The topological polar surface area (TPSA) is 116 Å². The van der Waals surface area contributed by atoms with Crippen molar-refractivity contribution in [2.45, 2.75) is 83.3 Å². The molecule has 5 atom stereocenters. The lowest BCUT2D eigenvalue weighted by molar-refractivity contribution is -0.140. The van der Waals surface area contributed by atoms with Crippen LogP contribution in [-0.2, 0) is 14.4 Å². The molecule has 28 heavy (non-hydrogen) atoms. The van der Waals surface area contributed by atoms with Crippen molar-refractivity contribution >= 4 is 17.6 Å². The van der Waals surface area contributed by atoms with E-state index in [-0.39, 0.29) is 41.9 Å². The van der Waals surface area contributed by atoms with Gasteiger partial charge in [0, 0.05) is 25.4 Å². The average Bonchev–Trinajstić information content (AvgIpc) is 2.99. The number of rotatable bonds is 2. The first-order valence-electron chi connectivity index (χ1n) is 10.5. The fourth-order valence-corrected chi connectivity index (χ4v) is 4.37. The number of nitrogens with one attached hydrogen (secondary N) is 1. The molecule has 2 rings (SSSR count). The predicted molar refractivity (Wildman–Crippen MR) is 106 cm³/mol. The van der Waals surface area contributed by atoms with Gasteiger partial charge in [-0.1, -0.05) is 26.7 Å². The zero-order valence-corrected chi connectivity index (χ0v) is 17.3. The second-order valence-electron chi connectivity index (χ2n) is 8.86. The van der Waals surface area contributed by atoms with E-state index in [1.807, 2.05) is 13.8 Å². The van der Waals surface area contributed by atoms with E-state index in [1.54, 1.807) is 7.05 Å². The van der Waals surface area contributed by atoms with E-state index in [4.69, 9.17) is 5.73 Å². The Morgan fingerprint density at radius 1 is 1.21 bits per heavy atom. The van der Waals surface area contributed by atoms with Crippen molar-refractivity contribution in [1.82, 2.24) is 10.2 Å². The molecule has 7 nitrogen and oxygen atoms in total. The maximum atomic E-state index is 13.0. The van der Waals surface area contributed by atoms with Gasteiger partial charge in [0.25, 0.3) is 0 Å². The molecule has 0 spiro atoms. The molecular weight excluding hydrogens is 356 g/mol. The molecule has 2 aliphatic rings. The highest BCUT2D eigenvalue weighted by atomic mass is 16.2. The van der Waals surface area contributed by atoms with E-state index >= 15 is 0 Å². The third-order valence-corrected chi connectivity index (χ3v) is 6.00. The quantitative estimate of drug-likeness (QED) is 0.745. The van der Waals surface area contributed by atoms with Crippen molar-refractivity contribution in [1.29, 1.82) is 5.26 Å². The standard InChI is InChI=1S/C21H34N4O3/c1-13(2)8-18-19(26)10-14(12-22)9-15-11-16(24-20(15)27)6-4-5-7-17(23)21(28)25(18)3/h13-18H,4-11,23H2,1-3H3,(H,24,27)/t14-,15-,16-,17+,18+/m1/s1. The Bertz CT molecular complexity index is 628. The maximum Gasteiger partial charge on any atom is 0.239 e. The smallest absolute Gasteiger partial charge is 0.239 e. The highest BCUT2D eigenvalue weighted by molar-refractivity contribution is 5.91. The lowest BCUT2D eigenvalue weighted by Crippen LogP contribution is -2.50. The van der Waals surface area contributed by atoms with Gasteiger partial charge in [-0.05, 0) is 38.0 Å². The summed E-state index contributed by atoms with van der Waals surface area (Å²) in [6, 6.07) is 1.11. The third-order valence-electron chi connectivity index (χ3n) is 6.00. The second kappa shape index (κ2) is 10.0. The average molecular weight is 391 g/mol. The number of amides is 2. The lowest BCUT2D eigenvalue weighted by Gasteiger charge is -2.31. The Morgan fingerprint density at radius 2 is 1.89 bits per heavy atom. The van der Waals surface area contributed by atoms with E-state index in [1.165, 1.54) is 4.90 Å². The van der Waals surface area contributed by atoms with Crippen molar-refractivity contribution in [2.75, 3.05) is 7.05 Å². The fourth-order valence-electron chi connectivity index (χ4n) is 4.37. The van der Waals surface area contributed by atoms with Gasteiger partial charge in [0.1, 0.15) is 0 Å². The largest absolute Gasteiger partial charge is 0.353 e. The monoisotopic (exact) mass is 390 g/mol. The van der Waals surface area contributed by atoms with Gasteiger partial charge in [-0.3, -0.25) is 14.4 Å². The molecule has 2 amide bonds. The molecule has 0 aromatic heterocycles. The lowest BCUT2D eigenvalue weighted by atomic mass is 9.86. The Morgan fingerprint density at radius 3 is 2.54 bits per heavy atom. The number of likely N-dealkylation sites (N-methyl/N-ethyl adjacent to an activating group) is 1. The van der Waals surface area contributed by atoms with E-state index in [2.05, 4.69) is 11.4 Å². The van der Waals surface area contributed by atoms with Gasteiger partial charge >= 0.3 is 0 Å². The molecule has 7 heteroatoms. The van der Waals surface area contributed by atoms with Gasteiger partial charge in [-0.2, -0.15) is 5.26 Å². The molecule has 0 aliphatic carbocycles. The minimum absolute atomic E-state index is 0.00693. The van der Waals surface area contributed by atoms with Crippen LogP contribution in [0.5, 0.6) is 0 Å². The second-order valence-corrected chi connectivity index (χ2v) is 8.86. The summed E-state index contributed by atoms with van der Waals surface area (Å²) in [6.45, 7) is 4.01. The van der Waals surface area contributed by atoms with Crippen LogP contribution in [0.15, 0.2) is 0 Å². The number of hydrogen-bond donors (Lipinski definition) is 2. The van der Waals surface area contributed by atoms with Gasteiger partial charge in [-0.25, -0.2) is 0 Å². The van der Waals surface area contributed by atoms with Crippen LogP contribution in [0.4, 0.5) is 0 Å². The summed E-state index contributed by atoms with van der Waals surface area (Å²) in [5.41, 5.74) is 6.11. The minimum atomic E-state index is -0.629. The Labute approximate surface area is 168 Å². The molecule has 2 bridgehead atoms. The number of nitrogens with zero attached hydrogens (tertiary/aromatic N) is 2. The van der Waals surface area contributed by atoms with Gasteiger partial charge < -0.3 is 16.0 Å². The first-order valence-corrected chi connectivity index (χ1v) is 10.5. The molecule has 2 fully saturated rings. The SMILES string of the molecule is CC(C)C[C@H]1C(=O)C[C@H](C#N)C[C@@H]2C[C@@H](CCCC[C@H](N)C(=O)N1C)NC2=O. The number of hydrogen-bond acceptors (Lipinski definition) is 5. The molecule has 0 unspecified atom stereocenters. The first kappa shape index (κ1) is 22.4. The normalized spacial score (nSPS) is 33.2. The van der Waals surface area contributed by atoms with Gasteiger partial charge in [0.2, 0.25) is 11.8 Å². The number of Topliss-reactive ketones (excluding diaryl/α,β-unsaturated/α-hetero) is 1. The summed E-state index contributed by atoms with van der Waals surface area (Å²) in [5, 5.41) is 12.6. The fraction of sp³-hybridized carbons (Fsp3) is 0.810. The number of ketones is 1. The van der Waals surface area contributed by atoms with Crippen molar-refractivity contribution in [3.8, 4) is 6.07 Å². The van der Waals surface area contributed by atoms with Crippen molar-refractivity contribution < 1.29 is 14.4 Å². The highest BCUT2D eigenvalue weighted by Gasteiger charge is 2.36. The number of nitrogens with two attached hydrogens (primary N) is 1. The van der Waals surface area contributed by atoms with Gasteiger partial charge in [-0.15, -0.1) is 0 Å². The van der Waals surface area contributed by atoms with Crippen LogP contribution in [0.25, 0.3) is 0 Å². The summed E-state index contributed by atoms with van der Waals surface area (Å²) >= 11 is 0. The summed E-state index contributed by atoms with van der Waals surface area (Å²) in [6.07, 6.45) is 4.83. The van der Waals surface area contributed by atoms with Crippen molar-refractivity contribution in [2.24, 2.45) is 23.5 Å². The van der Waals surface area contributed by atoms with E-state index in [0.29, 0.717) is 25.7 Å². The molecular formula is C21H34N4O3. The zero-order valence-electron chi connectivity index (χ0n) is 17.3. The molecule has 0 aromatic rings. The molecule has 0 saturated carbocycles. The van der Waals surface area contributed by atoms with Crippen LogP contribution in [0.1, 0.15) is 65.2 Å². The minimum Gasteiger partial charge on any atom is -0.353 e. The summed E-state index contributed by atoms with van der Waals surface area (Å²) in [7, 11) is 1.64. The van der Waals surface area contributed by atoms with Crippen molar-refractivity contribution in [3.63, 3.8) is 0 Å². The molecule has 0 radical (unpaired) electrons. The third kappa shape index (κ3) is 5.78. The molecule has 156 valence electrons. The van der Waals surface area contributed by atoms with Crippen LogP contribution >= 0.6 is 0 Å². The van der Waals surface area contributed by atoms with E-state index in [9.17, 15) is 19.6 Å². The number of carbonyl (C=O) groups is 3. The van der Waals surface area contributed by atoms with Crippen LogP contribution in [0, 0.1) is 29.1 Å². The van der Waals surface area contributed by atoms with Gasteiger partial charge in [0.05, 0.1) is 24.1 Å². The van der Waals surface area contributed by atoms with Crippen LogP contribution in [0.3, 0.4) is 0 Å². The molecule has 2 saturated heterocycles. The molecule has 2 heterocycles.